The van der Waals surface area contributed by atoms with E-state index in [1.807, 2.05) is 0 Å². The van der Waals surface area contributed by atoms with E-state index in [0.717, 1.165) is 0 Å². The lowest BCUT2D eigenvalue weighted by atomic mass is 10.2. The number of nitrogens with two attached hydrogens (primary N) is 1. The first-order valence-corrected chi connectivity index (χ1v) is 5.51. The van der Waals surface area contributed by atoms with Gasteiger partial charge in [0.2, 0.25) is 0 Å². The Bertz CT molecular complexity index is 441. The van der Waals surface area contributed by atoms with Gasteiger partial charge >= 0.3 is 6.09 Å². The summed E-state index contributed by atoms with van der Waals surface area (Å²) in [4.78, 5) is 17.2. The normalized spacial score (nSPS) is 10.9. The zero-order valence-corrected chi connectivity index (χ0v) is 11.4. The molecule has 0 radical (unpaired) electrons. The Morgan fingerprint density at radius 1 is 1.44 bits per heavy atom. The van der Waals surface area contributed by atoms with Gasteiger partial charge in [0.05, 0.1) is 19.0 Å². The van der Waals surface area contributed by atoms with Crippen molar-refractivity contribution in [2.24, 2.45) is 0 Å². The number of carbonyl (C=O) groups excluding carboxylic acids is 1. The van der Waals surface area contributed by atoms with Gasteiger partial charge < -0.3 is 15.2 Å². The Labute approximate surface area is 107 Å². The van der Waals surface area contributed by atoms with E-state index in [2.05, 4.69) is 4.98 Å². The zero-order valence-electron chi connectivity index (χ0n) is 11.4. The van der Waals surface area contributed by atoms with Crippen LogP contribution in [0.4, 0.5) is 16.3 Å². The number of carbonyl (C=O) groups is 1. The van der Waals surface area contributed by atoms with Crippen LogP contribution in [-0.4, -0.2) is 30.8 Å². The van der Waals surface area contributed by atoms with Crippen LogP contribution in [0.2, 0.25) is 0 Å². The number of rotatable bonds is 2. The molecule has 18 heavy (non-hydrogen) atoms. The van der Waals surface area contributed by atoms with Crippen LogP contribution in [0.15, 0.2) is 12.3 Å². The molecule has 0 aliphatic carbocycles. The van der Waals surface area contributed by atoms with E-state index in [4.69, 9.17) is 15.2 Å². The van der Waals surface area contributed by atoms with Gasteiger partial charge in [-0.2, -0.15) is 0 Å². The summed E-state index contributed by atoms with van der Waals surface area (Å²) in [6.07, 6.45) is 0.955. The first kappa shape index (κ1) is 14.1. The lowest BCUT2D eigenvalue weighted by molar-refractivity contribution is 0.0588. The van der Waals surface area contributed by atoms with E-state index in [0.29, 0.717) is 17.3 Å². The molecule has 6 nitrogen and oxygen atoms in total. The van der Waals surface area contributed by atoms with Gasteiger partial charge in [0.25, 0.3) is 0 Å². The SMILES string of the molecule is COc1cc(N(C)C(=O)OC(C)(C)C)ncc1N. The van der Waals surface area contributed by atoms with Crippen molar-refractivity contribution in [1.82, 2.24) is 4.98 Å². The number of hydrogen-bond acceptors (Lipinski definition) is 5. The number of ether oxygens (including phenoxy) is 2. The minimum atomic E-state index is -0.552. The topological polar surface area (TPSA) is 77.7 Å². The maximum absolute atomic E-state index is 11.8. The Hall–Kier alpha value is -1.98. The van der Waals surface area contributed by atoms with Crippen molar-refractivity contribution < 1.29 is 14.3 Å². The molecule has 0 atom stereocenters. The summed E-state index contributed by atoms with van der Waals surface area (Å²) in [6.45, 7) is 5.40. The van der Waals surface area contributed by atoms with Gasteiger partial charge in [-0.1, -0.05) is 0 Å². The minimum absolute atomic E-state index is 0.412. The van der Waals surface area contributed by atoms with Crippen LogP contribution >= 0.6 is 0 Å². The standard InChI is InChI=1S/C12H19N3O3/c1-12(2,3)18-11(16)15(4)10-6-9(17-5)8(13)7-14-10/h6-7H,13H2,1-5H3. The van der Waals surface area contributed by atoms with Crippen LogP contribution in [0.3, 0.4) is 0 Å². The predicted molar refractivity (Wildman–Crippen MR) is 69.8 cm³/mol. The number of anilines is 2. The summed E-state index contributed by atoms with van der Waals surface area (Å²) in [6, 6.07) is 1.58. The largest absolute Gasteiger partial charge is 0.494 e. The van der Waals surface area contributed by atoms with Crippen LogP contribution < -0.4 is 15.4 Å². The Morgan fingerprint density at radius 2 is 2.06 bits per heavy atom. The molecule has 0 saturated carbocycles. The number of aromatic nitrogens is 1. The number of nitrogens with zero attached hydrogens (tertiary/aromatic N) is 2. The summed E-state index contributed by atoms with van der Waals surface area (Å²) in [5.41, 5.74) is 5.52. The average molecular weight is 253 g/mol. The number of hydrogen-bond donors (Lipinski definition) is 1. The van der Waals surface area contributed by atoms with Gasteiger partial charge in [-0.3, -0.25) is 4.90 Å². The molecule has 0 bridgehead atoms. The van der Waals surface area contributed by atoms with Crippen molar-refractivity contribution in [3.05, 3.63) is 12.3 Å². The van der Waals surface area contributed by atoms with Crippen LogP contribution in [0.25, 0.3) is 0 Å². The van der Waals surface area contributed by atoms with Gasteiger partial charge in [-0.05, 0) is 20.8 Å². The number of methoxy groups -OCH3 is 1. The molecule has 0 aliphatic rings. The number of amides is 1. The predicted octanol–water partition coefficient (Wildman–Crippen LogP) is 2.04. The van der Waals surface area contributed by atoms with Crippen molar-refractivity contribution in [3.8, 4) is 5.75 Å². The van der Waals surface area contributed by atoms with E-state index in [1.54, 1.807) is 33.9 Å². The fraction of sp³-hybridized carbons (Fsp3) is 0.500. The van der Waals surface area contributed by atoms with Gasteiger partial charge in [0.1, 0.15) is 17.2 Å². The lowest BCUT2D eigenvalue weighted by Gasteiger charge is -2.24. The van der Waals surface area contributed by atoms with Gasteiger partial charge in [0.15, 0.2) is 0 Å². The molecular weight excluding hydrogens is 234 g/mol. The maximum Gasteiger partial charge on any atom is 0.415 e. The highest BCUT2D eigenvalue weighted by molar-refractivity contribution is 5.86. The van der Waals surface area contributed by atoms with Crippen molar-refractivity contribution in [3.63, 3.8) is 0 Å². The summed E-state index contributed by atoms with van der Waals surface area (Å²) in [7, 11) is 3.08. The highest BCUT2D eigenvalue weighted by atomic mass is 16.6. The highest BCUT2D eigenvalue weighted by Crippen LogP contribution is 2.25. The second-order valence-corrected chi connectivity index (χ2v) is 4.82. The van der Waals surface area contributed by atoms with E-state index in [-0.39, 0.29) is 0 Å². The third-order valence-electron chi connectivity index (χ3n) is 2.11. The Kier molecular flexibility index (Phi) is 4.00. The molecule has 1 rings (SSSR count). The molecule has 0 fully saturated rings. The van der Waals surface area contributed by atoms with E-state index in [1.165, 1.54) is 18.2 Å². The van der Waals surface area contributed by atoms with E-state index < -0.39 is 11.7 Å². The molecule has 1 aromatic heterocycles. The Morgan fingerprint density at radius 3 is 2.56 bits per heavy atom. The van der Waals surface area contributed by atoms with Gasteiger partial charge in [-0.15, -0.1) is 0 Å². The van der Waals surface area contributed by atoms with Crippen LogP contribution in [0.5, 0.6) is 5.75 Å². The lowest BCUT2D eigenvalue weighted by Crippen LogP contribution is -2.34. The molecule has 0 aromatic carbocycles. The quantitative estimate of drug-likeness (QED) is 0.872. The first-order valence-electron chi connectivity index (χ1n) is 5.51. The fourth-order valence-corrected chi connectivity index (χ4v) is 1.22. The fourth-order valence-electron chi connectivity index (χ4n) is 1.22. The molecule has 1 amide bonds. The average Bonchev–Trinajstić information content (AvgIpc) is 2.26. The monoisotopic (exact) mass is 253 g/mol. The second-order valence-electron chi connectivity index (χ2n) is 4.82. The van der Waals surface area contributed by atoms with E-state index >= 15 is 0 Å². The zero-order chi connectivity index (χ0) is 13.9. The van der Waals surface area contributed by atoms with Crippen LogP contribution in [-0.2, 0) is 4.74 Å². The van der Waals surface area contributed by atoms with Crippen molar-refractivity contribution >= 4 is 17.6 Å². The molecule has 6 heteroatoms. The summed E-state index contributed by atoms with van der Waals surface area (Å²) < 4.78 is 10.3. The van der Waals surface area contributed by atoms with Crippen LogP contribution in [0.1, 0.15) is 20.8 Å². The number of nitrogen functional groups attached to an aromatic ring is 1. The van der Waals surface area contributed by atoms with Gasteiger partial charge in [-0.25, -0.2) is 9.78 Å². The maximum atomic E-state index is 11.8. The molecule has 0 unspecified atom stereocenters. The molecule has 1 heterocycles. The molecule has 0 spiro atoms. The van der Waals surface area contributed by atoms with Crippen molar-refractivity contribution in [2.75, 3.05) is 24.8 Å². The third-order valence-corrected chi connectivity index (χ3v) is 2.11. The summed E-state index contributed by atoms with van der Waals surface area (Å²) >= 11 is 0. The summed E-state index contributed by atoms with van der Waals surface area (Å²) in [5.74, 6) is 0.880. The molecule has 0 saturated heterocycles. The summed E-state index contributed by atoms with van der Waals surface area (Å²) in [5, 5.41) is 0. The Balaban J connectivity index is 2.90. The minimum Gasteiger partial charge on any atom is -0.494 e. The molecule has 2 N–H and O–H groups in total. The molecule has 0 aliphatic heterocycles. The second kappa shape index (κ2) is 5.12. The van der Waals surface area contributed by atoms with Crippen molar-refractivity contribution in [2.45, 2.75) is 26.4 Å². The van der Waals surface area contributed by atoms with Gasteiger partial charge in [0, 0.05) is 13.1 Å². The molecule has 1 aromatic rings. The number of pyridine rings is 1. The van der Waals surface area contributed by atoms with E-state index in [9.17, 15) is 4.79 Å². The highest BCUT2D eigenvalue weighted by Gasteiger charge is 2.21. The first-order chi connectivity index (χ1) is 8.24. The third kappa shape index (κ3) is 3.51. The van der Waals surface area contributed by atoms with Crippen LogP contribution in [0, 0.1) is 0 Å². The molecule has 100 valence electrons. The smallest absolute Gasteiger partial charge is 0.415 e. The van der Waals surface area contributed by atoms with Crippen molar-refractivity contribution in [1.29, 1.82) is 0 Å². The molecular formula is C12H19N3O3.